The molecular weight excluding hydrogens is 226 g/mol. The van der Waals surface area contributed by atoms with Crippen molar-refractivity contribution in [3.63, 3.8) is 0 Å². The third-order valence-corrected chi connectivity index (χ3v) is 3.02. The fourth-order valence-electron chi connectivity index (χ4n) is 1.50. The van der Waals surface area contributed by atoms with Crippen molar-refractivity contribution in [1.82, 2.24) is 0 Å². The van der Waals surface area contributed by atoms with E-state index in [1.807, 2.05) is 0 Å². The molecule has 0 atom stereocenters. The zero-order valence-electron chi connectivity index (χ0n) is 8.37. The Balaban J connectivity index is 4.75. The van der Waals surface area contributed by atoms with E-state index in [0.29, 0.717) is 0 Å². The van der Waals surface area contributed by atoms with Gasteiger partial charge in [0.2, 0.25) is 0 Å². The molecule has 0 unspecified atom stereocenters. The van der Waals surface area contributed by atoms with Crippen LogP contribution in [0, 0.1) is 0 Å². The molecule has 0 spiro atoms. The summed E-state index contributed by atoms with van der Waals surface area (Å²) in [7, 11) is -4.46. The lowest BCUT2D eigenvalue weighted by Gasteiger charge is -2.37. The predicted molar refractivity (Wildman–Crippen MR) is 50.7 cm³/mol. The van der Waals surface area contributed by atoms with Crippen molar-refractivity contribution >= 4 is 10.1 Å². The first-order valence-electron chi connectivity index (χ1n) is 4.50. The van der Waals surface area contributed by atoms with Crippen molar-refractivity contribution in [2.45, 2.75) is 0 Å². The number of hydrogen-bond acceptors (Lipinski definition) is 6. The second-order valence-corrected chi connectivity index (χ2v) is 4.74. The van der Waals surface area contributed by atoms with Gasteiger partial charge in [-0.15, -0.1) is 0 Å². The summed E-state index contributed by atoms with van der Waals surface area (Å²) in [5, 5.41) is 26.3. The number of aliphatic hydroxyl groups excluding tert-OH is 3. The zero-order chi connectivity index (χ0) is 11.9. The maximum atomic E-state index is 10.7. The summed E-state index contributed by atoms with van der Waals surface area (Å²) >= 11 is 0. The largest absolute Gasteiger partial charge is 0.744 e. The van der Waals surface area contributed by atoms with Crippen LogP contribution in [0.2, 0.25) is 0 Å². The van der Waals surface area contributed by atoms with Crippen LogP contribution in [-0.4, -0.2) is 78.1 Å². The van der Waals surface area contributed by atoms with E-state index < -0.39 is 16.0 Å². The normalized spacial score (nSPS) is 13.1. The Bertz CT molecular complexity index is 248. The van der Waals surface area contributed by atoms with E-state index in [9.17, 15) is 13.0 Å². The average molecular weight is 243 g/mol. The quantitative estimate of drug-likeness (QED) is 0.315. The second kappa shape index (κ2) is 6.36. The monoisotopic (exact) mass is 243 g/mol. The molecular formula is C7H17NO6S. The minimum absolute atomic E-state index is 0.0165. The Morgan fingerprint density at radius 2 is 1.27 bits per heavy atom. The number of hydrogen-bond donors (Lipinski definition) is 3. The maximum Gasteiger partial charge on any atom is 0.169 e. The van der Waals surface area contributed by atoms with Gasteiger partial charge < -0.3 is 24.4 Å². The summed E-state index contributed by atoms with van der Waals surface area (Å²) in [4.78, 5) is 0. The SMILES string of the molecule is O=S(=O)([O-])C[N+](CCO)(CCO)CCO. The maximum absolute atomic E-state index is 10.7. The van der Waals surface area contributed by atoms with Gasteiger partial charge in [-0.05, 0) is 0 Å². The minimum atomic E-state index is -4.46. The average Bonchev–Trinajstić information content (AvgIpc) is 2.01. The molecule has 0 saturated carbocycles. The summed E-state index contributed by atoms with van der Waals surface area (Å²) in [6.07, 6.45) is 0. The molecule has 0 bridgehead atoms. The fraction of sp³-hybridized carbons (Fsp3) is 1.00. The van der Waals surface area contributed by atoms with Gasteiger partial charge >= 0.3 is 0 Å². The van der Waals surface area contributed by atoms with Gasteiger partial charge in [-0.25, -0.2) is 8.42 Å². The Morgan fingerprint density at radius 1 is 0.933 bits per heavy atom. The molecule has 0 fully saturated rings. The Morgan fingerprint density at radius 3 is 1.47 bits per heavy atom. The molecule has 15 heavy (non-hydrogen) atoms. The molecule has 0 aromatic heterocycles. The van der Waals surface area contributed by atoms with Crippen molar-refractivity contribution in [2.75, 3.05) is 45.3 Å². The predicted octanol–water partition coefficient (Wildman–Crippen LogP) is -2.72. The van der Waals surface area contributed by atoms with Crippen LogP contribution in [0.25, 0.3) is 0 Å². The second-order valence-electron chi connectivity index (χ2n) is 3.37. The molecule has 0 amide bonds. The third-order valence-electron chi connectivity index (χ3n) is 2.16. The summed E-state index contributed by atoms with van der Waals surface area (Å²) in [5.74, 6) is -0.728. The van der Waals surface area contributed by atoms with E-state index in [2.05, 4.69) is 0 Å². The van der Waals surface area contributed by atoms with Gasteiger partial charge in [-0.1, -0.05) is 0 Å². The molecule has 0 heterocycles. The molecule has 0 rings (SSSR count). The molecule has 0 aromatic rings. The lowest BCUT2D eigenvalue weighted by atomic mass is 10.4. The molecule has 92 valence electrons. The fourth-order valence-corrected chi connectivity index (χ4v) is 2.56. The number of nitrogens with zero attached hydrogens (tertiary/aromatic N) is 1. The van der Waals surface area contributed by atoms with Gasteiger partial charge in [-0.3, -0.25) is 0 Å². The topological polar surface area (TPSA) is 118 Å². The van der Waals surface area contributed by atoms with Crippen molar-refractivity contribution in [3.8, 4) is 0 Å². The molecule has 0 radical (unpaired) electrons. The van der Waals surface area contributed by atoms with E-state index in [4.69, 9.17) is 15.3 Å². The smallest absolute Gasteiger partial charge is 0.169 e. The van der Waals surface area contributed by atoms with Crippen LogP contribution >= 0.6 is 0 Å². The summed E-state index contributed by atoms with van der Waals surface area (Å²) in [6.45, 7) is -0.881. The summed E-state index contributed by atoms with van der Waals surface area (Å²) in [6, 6.07) is 0. The van der Waals surface area contributed by atoms with Crippen LogP contribution in [0.3, 0.4) is 0 Å². The number of aliphatic hydroxyl groups is 3. The molecule has 7 nitrogen and oxygen atoms in total. The van der Waals surface area contributed by atoms with E-state index in [1.165, 1.54) is 0 Å². The van der Waals surface area contributed by atoms with Crippen molar-refractivity contribution in [1.29, 1.82) is 0 Å². The highest BCUT2D eigenvalue weighted by Gasteiger charge is 2.28. The number of quaternary nitrogens is 1. The van der Waals surface area contributed by atoms with E-state index in [0.717, 1.165) is 0 Å². The lowest BCUT2D eigenvalue weighted by molar-refractivity contribution is -0.918. The van der Waals surface area contributed by atoms with Crippen molar-refractivity contribution in [2.24, 2.45) is 0 Å². The first-order valence-corrected chi connectivity index (χ1v) is 6.08. The van der Waals surface area contributed by atoms with Gasteiger partial charge in [0.1, 0.15) is 29.8 Å². The molecule has 0 aliphatic rings. The molecule has 3 N–H and O–H groups in total. The first kappa shape index (κ1) is 14.8. The summed E-state index contributed by atoms with van der Waals surface area (Å²) < 4.78 is 31.7. The van der Waals surface area contributed by atoms with Gasteiger partial charge in [0.15, 0.2) is 5.88 Å². The highest BCUT2D eigenvalue weighted by atomic mass is 32.2. The van der Waals surface area contributed by atoms with Crippen LogP contribution < -0.4 is 0 Å². The molecule has 8 heteroatoms. The Hall–Kier alpha value is -0.250. The van der Waals surface area contributed by atoms with Crippen molar-refractivity contribution in [3.05, 3.63) is 0 Å². The van der Waals surface area contributed by atoms with Gasteiger partial charge in [0.05, 0.1) is 19.8 Å². The Labute approximate surface area is 88.9 Å². The summed E-state index contributed by atoms with van der Waals surface area (Å²) in [5.41, 5.74) is 0. The standard InChI is InChI=1S/C7H17NO6S/c9-4-1-8(2-5-10,3-6-11)7-15(12,13)14/h9-11H,1-7H2. The van der Waals surface area contributed by atoms with Crippen molar-refractivity contribution < 1.29 is 32.8 Å². The third kappa shape index (κ3) is 6.03. The van der Waals surface area contributed by atoms with Crippen LogP contribution in [0.1, 0.15) is 0 Å². The minimum Gasteiger partial charge on any atom is -0.744 e. The highest BCUT2D eigenvalue weighted by molar-refractivity contribution is 7.85. The van der Waals surface area contributed by atoms with E-state index in [-0.39, 0.29) is 43.9 Å². The highest BCUT2D eigenvalue weighted by Crippen LogP contribution is 2.08. The lowest BCUT2D eigenvalue weighted by Crippen LogP contribution is -2.55. The van der Waals surface area contributed by atoms with Crippen LogP contribution in [0.15, 0.2) is 0 Å². The van der Waals surface area contributed by atoms with E-state index >= 15 is 0 Å². The van der Waals surface area contributed by atoms with Crippen LogP contribution in [-0.2, 0) is 10.1 Å². The molecule has 0 aliphatic carbocycles. The van der Waals surface area contributed by atoms with Gasteiger partial charge in [0, 0.05) is 0 Å². The Kier molecular flexibility index (Phi) is 6.25. The first-order chi connectivity index (χ1) is 6.89. The zero-order valence-corrected chi connectivity index (χ0v) is 9.19. The molecule has 0 aliphatic heterocycles. The van der Waals surface area contributed by atoms with Crippen LogP contribution in [0.5, 0.6) is 0 Å². The van der Waals surface area contributed by atoms with Crippen LogP contribution in [0.4, 0.5) is 0 Å². The molecule has 0 saturated heterocycles. The number of rotatable bonds is 8. The van der Waals surface area contributed by atoms with Gasteiger partial charge in [0.25, 0.3) is 0 Å². The van der Waals surface area contributed by atoms with E-state index in [1.54, 1.807) is 0 Å². The van der Waals surface area contributed by atoms with Gasteiger partial charge in [-0.2, -0.15) is 0 Å². The molecule has 0 aromatic carbocycles.